The zero-order valence-electron chi connectivity index (χ0n) is 45.8. The van der Waals surface area contributed by atoms with Crippen LogP contribution in [0.2, 0.25) is 0 Å². The lowest BCUT2D eigenvalue weighted by Gasteiger charge is -2.50. The fourth-order valence-electron chi connectivity index (χ4n) is 11.4. The van der Waals surface area contributed by atoms with Gasteiger partial charge in [0.15, 0.2) is 63.0 Å². The summed E-state index contributed by atoms with van der Waals surface area (Å²) in [4.78, 5) is 8.44. The molecule has 0 amide bonds. The summed E-state index contributed by atoms with van der Waals surface area (Å²) in [7, 11) is 0. The van der Waals surface area contributed by atoms with Gasteiger partial charge in [-0.3, -0.25) is 0 Å². The minimum absolute atomic E-state index is 0.240. The summed E-state index contributed by atoms with van der Waals surface area (Å²) in [5, 5.41) is 239. The number of aryl methyl sites for hydroxylation is 1. The van der Waals surface area contributed by atoms with E-state index in [-0.39, 0.29) is 6.54 Å². The zero-order valence-corrected chi connectivity index (χ0v) is 45.8. The van der Waals surface area contributed by atoms with Crippen molar-refractivity contribution in [3.8, 4) is 0 Å². The number of carbonyl (C=O) groups is 1. The third-order valence-corrected chi connectivity index (χ3v) is 16.0. The van der Waals surface area contributed by atoms with Crippen molar-refractivity contribution in [3.05, 3.63) is 30.1 Å². The van der Waals surface area contributed by atoms with Crippen LogP contribution in [0.5, 0.6) is 0 Å². The first-order valence-corrected chi connectivity index (χ1v) is 27.5. The molecule has 38 heteroatoms. The highest BCUT2D eigenvalue weighted by atomic mass is 16.8. The summed E-state index contributed by atoms with van der Waals surface area (Å²) >= 11 is 0. The molecular weight excluding hydrogens is 1190 g/mol. The Kier molecular flexibility index (Phi) is 24.3. The second-order valence-electron chi connectivity index (χ2n) is 21.8. The Bertz CT molecular complexity index is 2280. The molecule has 87 heavy (non-hydrogen) atoms. The van der Waals surface area contributed by atoms with Crippen LogP contribution in [0, 0.1) is 6.92 Å². The third kappa shape index (κ3) is 15.0. The summed E-state index contributed by atoms with van der Waals surface area (Å²) in [5.74, 6) is 0. The number of aliphatic hydroxyl groups excluding tert-OH is 20. The molecule has 22 rings (SSSR count). The Morgan fingerprint density at radius 1 is 0.356 bits per heavy atom. The highest BCUT2D eigenvalue weighted by Gasteiger charge is 2.60. The molecule has 0 saturated carbocycles. The minimum Gasteiger partial charge on any atom is -0.565 e. The molecule has 0 radical (unpaired) electrons. The van der Waals surface area contributed by atoms with E-state index in [9.17, 15) is 102 Å². The molecule has 14 bridgehead atoms. The second-order valence-corrected chi connectivity index (χ2v) is 21.8. The normalized spacial score (nSPS) is 50.1. The van der Waals surface area contributed by atoms with Crippen molar-refractivity contribution in [2.75, 3.05) is 39.6 Å². The molecule has 22 heterocycles. The highest BCUT2D eigenvalue weighted by Crippen LogP contribution is 2.39. The Morgan fingerprint density at radius 3 is 0.724 bits per heavy atom. The minimum atomic E-state index is -2.20. The van der Waals surface area contributed by atoms with Crippen LogP contribution in [0.15, 0.2) is 24.5 Å². The molecule has 21 aliphatic heterocycles. The van der Waals surface area contributed by atoms with E-state index >= 15 is 0 Å². The lowest BCUT2D eigenvalue weighted by molar-refractivity contribution is -0.708. The Balaban J connectivity index is 0.00000238. The van der Waals surface area contributed by atoms with Crippen molar-refractivity contribution in [2.24, 2.45) is 0 Å². The van der Waals surface area contributed by atoms with Gasteiger partial charge in [0.05, 0.1) is 39.6 Å². The van der Waals surface area contributed by atoms with E-state index in [2.05, 4.69) is 0 Å². The van der Waals surface area contributed by atoms with E-state index in [1.165, 1.54) is 0 Å². The first-order valence-electron chi connectivity index (χ1n) is 27.5. The molecule has 21 aliphatic rings. The van der Waals surface area contributed by atoms with Gasteiger partial charge in [0.1, 0.15) is 171 Å². The summed E-state index contributed by atoms with van der Waals surface area (Å²) in [6.45, 7) is -4.68. The summed E-state index contributed by atoms with van der Waals surface area (Å²) in [5.41, 5.74) is 0.735. The number of nitrogens with zero attached hydrogens (tertiary/aromatic N) is 1. The van der Waals surface area contributed by atoms with Crippen LogP contribution in [-0.4, -0.2) is 368 Å². The number of ether oxygens (including phenoxy) is 14. The standard InChI is InChI=1S/C48H76NO34.CH2O3/c1-13-3-2-4-49(5-13)6-14-35-21(56)28(63)42(70-14)78-36-15(7-50)72-44(30(65)23(36)58)80-38-17(9-52)74-46(32(67)25(38)60)82-40-19(11-54)76-48(34(69)27(40)62)83-41-20(12-55)75-47(33(68)26(41)61)81-39-18(10-53)73-45(31(66)24(39)59)79-37-16(8-51)71-43(77-35)29(64)22(37)57;2-1(3)4/h2-5,14-48,50-69H,6-12H2,1H3;(H2,2,3,4)/q+1;/p-1/t14-,15-,16-,17-,18-,19-,20-,21-,22-,23-,24-,25-,26-,27-,28-,29-,30-,31-,32-,33-,34-,35-,36-,37-,38-,39-,40-,41-,42-,43-,44-,45-,46-,47-,48-;/m1./s1. The Morgan fingerprint density at radius 2 is 0.540 bits per heavy atom. The lowest BCUT2D eigenvalue weighted by Crippen LogP contribution is -2.68. The van der Waals surface area contributed by atoms with Gasteiger partial charge in [-0.15, -0.1) is 0 Å². The van der Waals surface area contributed by atoms with E-state index in [0.717, 1.165) is 5.56 Å². The predicted molar refractivity (Wildman–Crippen MR) is 261 cm³/mol. The number of aromatic nitrogens is 1. The van der Waals surface area contributed by atoms with E-state index in [4.69, 9.17) is 81.3 Å². The average molecular weight is 1270 g/mol. The van der Waals surface area contributed by atoms with Crippen molar-refractivity contribution >= 4 is 6.16 Å². The fourth-order valence-corrected chi connectivity index (χ4v) is 11.4. The zero-order chi connectivity index (χ0) is 63.6. The molecule has 35 atom stereocenters. The van der Waals surface area contributed by atoms with Crippen molar-refractivity contribution in [3.63, 3.8) is 0 Å². The number of pyridine rings is 1. The Labute approximate surface area is 491 Å². The topological polar surface area (TPSA) is 598 Å². The number of hydrogen-bond acceptors (Lipinski definition) is 36. The molecule has 21 fully saturated rings. The number of rotatable bonds is 8. The van der Waals surface area contributed by atoms with Gasteiger partial charge < -0.3 is 183 Å². The van der Waals surface area contributed by atoms with Gasteiger partial charge in [0.25, 0.3) is 0 Å². The van der Waals surface area contributed by atoms with Gasteiger partial charge in [-0.25, -0.2) is 4.57 Å². The van der Waals surface area contributed by atoms with Crippen molar-refractivity contribution < 1.29 is 188 Å². The molecule has 0 unspecified atom stereocenters. The van der Waals surface area contributed by atoms with Crippen LogP contribution in [0.1, 0.15) is 5.56 Å². The average Bonchev–Trinajstić information content (AvgIpc) is 1.37. The summed E-state index contributed by atoms with van der Waals surface area (Å²) in [6, 6.07) is 3.41. The van der Waals surface area contributed by atoms with E-state index in [1.807, 2.05) is 0 Å². The van der Waals surface area contributed by atoms with Gasteiger partial charge in [0, 0.05) is 11.6 Å². The van der Waals surface area contributed by atoms with Crippen LogP contribution in [0.4, 0.5) is 4.79 Å². The predicted octanol–water partition coefficient (Wildman–Crippen LogP) is -15.0. The maximum Gasteiger partial charge on any atom is 0.249 e. The molecule has 21 N–H and O–H groups in total. The van der Waals surface area contributed by atoms with Crippen LogP contribution >= 0.6 is 0 Å². The summed E-state index contributed by atoms with van der Waals surface area (Å²) < 4.78 is 83.0. The molecule has 0 aromatic carbocycles. The lowest BCUT2D eigenvalue weighted by atomic mass is 9.95. The van der Waals surface area contributed by atoms with Gasteiger partial charge in [-0.2, -0.15) is 0 Å². The number of hydrogen-bond donors (Lipinski definition) is 21. The number of carboxylic acid groups (broad SMARTS) is 2. The van der Waals surface area contributed by atoms with Gasteiger partial charge in [-0.05, 0) is 13.0 Å². The van der Waals surface area contributed by atoms with Crippen LogP contribution in [0.3, 0.4) is 0 Å². The SMILES string of the molecule is Cc1ccc[n+](C[C@H]2O[C@@H]3O[C@H]4[C@H](O)[C@@H](O)[C@@H](O[C@H]5[C@H](O)[C@@H](O)[C@@H](O[C@H]6[C@H](O)[C@@H](O)[C@@H](O[C@H]7[C@H](O)[C@@H](O)[C@@H](O[C@H]8[C@H](O)[C@@H](O)[C@@H](O[C@H]9[C@H](O)[C@@H](O)[C@@H](O[C@H]2[C@H](O)[C@H]3O)O[C@@H]9CO)O[C@@H]8CO)O[C@@H]7CO)O[C@@H]6CO)O[C@@H]5CO)O[C@@H]4CO)c1.O=C([O-])O. The van der Waals surface area contributed by atoms with Crippen LogP contribution in [-0.2, 0) is 72.9 Å². The Hall–Kier alpha value is -2.94. The molecule has 38 nitrogen and oxygen atoms in total. The van der Waals surface area contributed by atoms with Gasteiger partial charge in [0.2, 0.25) is 6.16 Å². The van der Waals surface area contributed by atoms with Crippen molar-refractivity contribution in [1.29, 1.82) is 0 Å². The van der Waals surface area contributed by atoms with E-state index in [0.29, 0.717) is 0 Å². The van der Waals surface area contributed by atoms with E-state index in [1.54, 1.807) is 36.0 Å². The smallest absolute Gasteiger partial charge is 0.249 e. The number of aliphatic hydroxyl groups is 20. The molecule has 0 aliphatic carbocycles. The van der Waals surface area contributed by atoms with Crippen LogP contribution in [0.25, 0.3) is 0 Å². The van der Waals surface area contributed by atoms with Gasteiger partial charge in [-0.1, -0.05) is 0 Å². The third-order valence-electron chi connectivity index (χ3n) is 16.0. The molecule has 0 spiro atoms. The largest absolute Gasteiger partial charge is 0.565 e. The molecule has 21 saturated heterocycles. The molecule has 1 aromatic heterocycles. The van der Waals surface area contributed by atoms with E-state index < -0.39 is 261 Å². The first kappa shape index (κ1) is 69.9. The van der Waals surface area contributed by atoms with Crippen LogP contribution < -0.4 is 9.67 Å². The van der Waals surface area contributed by atoms with Crippen molar-refractivity contribution in [2.45, 2.75) is 228 Å². The maximum atomic E-state index is 11.8. The summed E-state index contributed by atoms with van der Waals surface area (Å²) in [6.07, 6.45) is -68.1. The maximum absolute atomic E-state index is 11.8. The van der Waals surface area contributed by atoms with Crippen molar-refractivity contribution in [1.82, 2.24) is 0 Å². The molecule has 1 aromatic rings. The highest BCUT2D eigenvalue weighted by molar-refractivity contribution is 5.50. The quantitative estimate of drug-likeness (QED) is 0.107. The monoisotopic (exact) mass is 1270 g/mol. The molecular formula is C49H77NO37. The fraction of sp³-hybridized carbons (Fsp3) is 0.878. The second kappa shape index (κ2) is 30.2. The first-order chi connectivity index (χ1) is 41.3. The van der Waals surface area contributed by atoms with Gasteiger partial charge >= 0.3 is 0 Å². The molecule has 500 valence electrons.